The highest BCUT2D eigenvalue weighted by atomic mass is 35.5. The lowest BCUT2D eigenvalue weighted by atomic mass is 10.1. The molecule has 0 N–H and O–H groups in total. The molecule has 2 heterocycles. The third-order valence-electron chi connectivity index (χ3n) is 3.91. The van der Waals surface area contributed by atoms with Crippen molar-refractivity contribution < 1.29 is 4.42 Å². The van der Waals surface area contributed by atoms with E-state index in [4.69, 9.17) is 16.0 Å². The minimum atomic E-state index is 0.502. The number of hydrogen-bond donors (Lipinski definition) is 0. The van der Waals surface area contributed by atoms with Gasteiger partial charge in [0, 0.05) is 16.7 Å². The van der Waals surface area contributed by atoms with E-state index in [0.29, 0.717) is 21.9 Å². The molecule has 0 fully saturated rings. The van der Waals surface area contributed by atoms with Crippen molar-refractivity contribution in [1.82, 2.24) is 15.2 Å². The van der Waals surface area contributed by atoms with Crippen LogP contribution in [-0.4, -0.2) is 15.2 Å². The van der Waals surface area contributed by atoms with Crippen molar-refractivity contribution in [2.45, 2.75) is 17.9 Å². The number of para-hydroxylation sites is 1. The average Bonchev–Trinajstić information content (AvgIpc) is 3.13. The zero-order valence-corrected chi connectivity index (χ0v) is 15.0. The maximum atomic E-state index is 6.50. The lowest BCUT2D eigenvalue weighted by Crippen LogP contribution is -1.94. The minimum absolute atomic E-state index is 0.502. The molecule has 0 aliphatic rings. The number of aromatic nitrogens is 3. The Morgan fingerprint density at radius 2 is 1.76 bits per heavy atom. The number of benzene rings is 2. The maximum absolute atomic E-state index is 6.50. The normalized spacial score (nSPS) is 11.1. The summed E-state index contributed by atoms with van der Waals surface area (Å²) >= 11 is 7.93. The average molecular weight is 368 g/mol. The van der Waals surface area contributed by atoms with Gasteiger partial charge in [-0.1, -0.05) is 59.8 Å². The monoisotopic (exact) mass is 367 g/mol. The Labute approximate surface area is 154 Å². The third kappa shape index (κ3) is 3.25. The first-order valence-corrected chi connectivity index (χ1v) is 9.14. The van der Waals surface area contributed by atoms with Crippen LogP contribution in [0.25, 0.3) is 22.4 Å². The van der Waals surface area contributed by atoms with E-state index >= 15 is 0 Å². The molecule has 0 unspecified atom stereocenters. The Hall–Kier alpha value is -2.37. The van der Waals surface area contributed by atoms with Gasteiger partial charge in [0.1, 0.15) is 0 Å². The van der Waals surface area contributed by atoms with E-state index in [1.165, 1.54) is 11.8 Å². The van der Waals surface area contributed by atoms with Crippen LogP contribution in [0.4, 0.5) is 0 Å². The van der Waals surface area contributed by atoms with Gasteiger partial charge in [0.25, 0.3) is 5.22 Å². The highest BCUT2D eigenvalue weighted by molar-refractivity contribution is 7.98. The Balaban J connectivity index is 1.57. The SMILES string of the molecule is Cc1c(Cl)c(CSc2nnc(-c3ccccc3)o2)nc2ccccc12. The number of fused-ring (bicyclic) bond motifs is 1. The van der Waals surface area contributed by atoms with E-state index < -0.39 is 0 Å². The lowest BCUT2D eigenvalue weighted by Gasteiger charge is -2.08. The summed E-state index contributed by atoms with van der Waals surface area (Å²) in [6.07, 6.45) is 0. The summed E-state index contributed by atoms with van der Waals surface area (Å²) < 4.78 is 5.72. The van der Waals surface area contributed by atoms with Crippen molar-refractivity contribution in [3.05, 3.63) is 70.9 Å². The van der Waals surface area contributed by atoms with Gasteiger partial charge in [-0.3, -0.25) is 4.98 Å². The topological polar surface area (TPSA) is 51.8 Å². The fourth-order valence-electron chi connectivity index (χ4n) is 2.61. The predicted molar refractivity (Wildman–Crippen MR) is 101 cm³/mol. The largest absolute Gasteiger partial charge is 0.411 e. The van der Waals surface area contributed by atoms with Crippen LogP contribution in [0.5, 0.6) is 0 Å². The fraction of sp³-hybridized carbons (Fsp3) is 0.105. The van der Waals surface area contributed by atoms with Crippen molar-refractivity contribution in [2.75, 3.05) is 0 Å². The first-order chi connectivity index (χ1) is 12.2. The van der Waals surface area contributed by atoms with Crippen molar-refractivity contribution in [1.29, 1.82) is 0 Å². The Morgan fingerprint density at radius 3 is 2.60 bits per heavy atom. The van der Waals surface area contributed by atoms with Crippen LogP contribution in [0.3, 0.4) is 0 Å². The number of thioether (sulfide) groups is 1. The molecule has 4 aromatic rings. The first-order valence-electron chi connectivity index (χ1n) is 7.78. The van der Waals surface area contributed by atoms with Gasteiger partial charge < -0.3 is 4.42 Å². The van der Waals surface area contributed by atoms with Gasteiger partial charge >= 0.3 is 0 Å². The number of rotatable bonds is 4. The van der Waals surface area contributed by atoms with Crippen LogP contribution >= 0.6 is 23.4 Å². The molecule has 0 saturated heterocycles. The van der Waals surface area contributed by atoms with Crippen LogP contribution in [0, 0.1) is 6.92 Å². The second kappa shape index (κ2) is 6.86. The number of halogens is 1. The molecule has 124 valence electrons. The number of pyridine rings is 1. The zero-order valence-electron chi connectivity index (χ0n) is 13.4. The summed E-state index contributed by atoms with van der Waals surface area (Å²) in [7, 11) is 0. The van der Waals surface area contributed by atoms with Crippen LogP contribution < -0.4 is 0 Å². The molecule has 0 aliphatic heterocycles. The highest BCUT2D eigenvalue weighted by Crippen LogP contribution is 2.31. The number of hydrogen-bond acceptors (Lipinski definition) is 5. The summed E-state index contributed by atoms with van der Waals surface area (Å²) in [5.41, 5.74) is 3.70. The molecule has 0 radical (unpaired) electrons. The number of nitrogens with zero attached hydrogens (tertiary/aromatic N) is 3. The quantitative estimate of drug-likeness (QED) is 0.443. The molecular formula is C19H14ClN3OS. The van der Waals surface area contributed by atoms with E-state index in [-0.39, 0.29) is 0 Å². The van der Waals surface area contributed by atoms with Gasteiger partial charge in [-0.25, -0.2) is 0 Å². The summed E-state index contributed by atoms with van der Waals surface area (Å²) in [6.45, 7) is 2.01. The second-order valence-corrected chi connectivity index (χ2v) is 6.85. The second-order valence-electron chi connectivity index (χ2n) is 5.54. The summed E-state index contributed by atoms with van der Waals surface area (Å²) in [6, 6.07) is 17.7. The molecule has 0 spiro atoms. The first kappa shape index (κ1) is 16.1. The van der Waals surface area contributed by atoms with Crippen molar-refractivity contribution in [3.8, 4) is 11.5 Å². The van der Waals surface area contributed by atoms with E-state index in [1.807, 2.05) is 61.5 Å². The molecule has 0 saturated carbocycles. The lowest BCUT2D eigenvalue weighted by molar-refractivity contribution is 0.466. The van der Waals surface area contributed by atoms with Gasteiger partial charge in [0.05, 0.1) is 16.2 Å². The van der Waals surface area contributed by atoms with Crippen molar-refractivity contribution >= 4 is 34.3 Å². The molecule has 4 nitrogen and oxygen atoms in total. The summed E-state index contributed by atoms with van der Waals surface area (Å²) in [5, 5.41) is 10.5. The van der Waals surface area contributed by atoms with E-state index in [2.05, 4.69) is 15.2 Å². The molecule has 0 amide bonds. The molecule has 6 heteroatoms. The van der Waals surface area contributed by atoms with E-state index in [9.17, 15) is 0 Å². The molecule has 0 atom stereocenters. The number of aryl methyl sites for hydroxylation is 1. The smallest absolute Gasteiger partial charge is 0.277 e. The van der Waals surface area contributed by atoms with Crippen molar-refractivity contribution in [3.63, 3.8) is 0 Å². The fourth-order valence-corrected chi connectivity index (χ4v) is 3.60. The molecule has 4 rings (SSSR count). The standard InChI is InChI=1S/C19H14ClN3OS/c1-12-14-9-5-6-10-15(14)21-16(17(12)20)11-25-19-23-22-18(24-19)13-7-3-2-4-8-13/h2-10H,11H2,1H3. The summed E-state index contributed by atoms with van der Waals surface area (Å²) in [5.74, 6) is 1.08. The van der Waals surface area contributed by atoms with Crippen LogP contribution in [-0.2, 0) is 5.75 Å². The van der Waals surface area contributed by atoms with Gasteiger partial charge in [-0.05, 0) is 30.7 Å². The summed E-state index contributed by atoms with van der Waals surface area (Å²) in [4.78, 5) is 4.67. The third-order valence-corrected chi connectivity index (χ3v) is 5.24. The van der Waals surface area contributed by atoms with Gasteiger partial charge in [-0.2, -0.15) is 0 Å². The minimum Gasteiger partial charge on any atom is -0.411 e. The zero-order chi connectivity index (χ0) is 17.2. The molecular weight excluding hydrogens is 354 g/mol. The van der Waals surface area contributed by atoms with Gasteiger partial charge in [-0.15, -0.1) is 10.2 Å². The highest BCUT2D eigenvalue weighted by Gasteiger charge is 2.13. The molecule has 2 aromatic carbocycles. The molecule has 0 bridgehead atoms. The Kier molecular flexibility index (Phi) is 4.42. The molecule has 25 heavy (non-hydrogen) atoms. The van der Waals surface area contributed by atoms with Gasteiger partial charge in [0.2, 0.25) is 5.89 Å². The van der Waals surface area contributed by atoms with Crippen LogP contribution in [0.1, 0.15) is 11.3 Å². The Morgan fingerprint density at radius 1 is 1.00 bits per heavy atom. The van der Waals surface area contributed by atoms with E-state index in [0.717, 1.165) is 27.7 Å². The molecule has 2 aromatic heterocycles. The maximum Gasteiger partial charge on any atom is 0.277 e. The van der Waals surface area contributed by atoms with Crippen LogP contribution in [0.2, 0.25) is 5.02 Å². The van der Waals surface area contributed by atoms with Crippen molar-refractivity contribution in [2.24, 2.45) is 0 Å². The Bertz CT molecular complexity index is 1030. The molecule has 0 aliphatic carbocycles. The van der Waals surface area contributed by atoms with Crippen LogP contribution in [0.15, 0.2) is 64.2 Å². The predicted octanol–water partition coefficient (Wildman–Crippen LogP) is 5.54. The van der Waals surface area contributed by atoms with E-state index in [1.54, 1.807) is 0 Å². The van der Waals surface area contributed by atoms with Gasteiger partial charge in [0.15, 0.2) is 0 Å².